The number of aliphatic hydroxyl groups is 1. The predicted octanol–water partition coefficient (Wildman–Crippen LogP) is 0.0365. The Morgan fingerprint density at radius 3 is 2.77 bits per heavy atom. The van der Waals surface area contributed by atoms with E-state index in [1.165, 1.54) is 30.2 Å². The molecular formula is C16H18N2O6S2. The van der Waals surface area contributed by atoms with Crippen LogP contribution in [-0.4, -0.2) is 69.9 Å². The lowest BCUT2D eigenvalue weighted by Crippen LogP contribution is -2.71. The zero-order valence-electron chi connectivity index (χ0n) is 13.9. The summed E-state index contributed by atoms with van der Waals surface area (Å²) in [6.07, 6.45) is 0.170. The minimum atomic E-state index is -1.28. The number of carboxylic acid groups (broad SMARTS) is 1. The van der Waals surface area contributed by atoms with Crippen molar-refractivity contribution >= 4 is 40.9 Å². The second-order valence-corrected chi connectivity index (χ2v) is 8.17. The normalized spacial score (nSPS) is 24.9. The molecule has 10 heteroatoms. The van der Waals surface area contributed by atoms with Gasteiger partial charge >= 0.3 is 5.97 Å². The third-order valence-corrected chi connectivity index (χ3v) is 6.59. The lowest BCUT2D eigenvalue weighted by molar-refractivity contribution is -0.150. The highest BCUT2D eigenvalue weighted by molar-refractivity contribution is 8.01. The fourth-order valence-corrected chi connectivity index (χ4v) is 5.31. The molecule has 1 aromatic heterocycles. The van der Waals surface area contributed by atoms with E-state index in [2.05, 4.69) is 5.32 Å². The van der Waals surface area contributed by atoms with E-state index < -0.39 is 35.1 Å². The first-order valence-electron chi connectivity index (χ1n) is 7.84. The van der Waals surface area contributed by atoms with E-state index in [1.54, 1.807) is 0 Å². The number of hydrogen-bond donors (Lipinski definition) is 3. The minimum absolute atomic E-state index is 0.170. The van der Waals surface area contributed by atoms with Crippen LogP contribution in [0.3, 0.4) is 0 Å². The van der Waals surface area contributed by atoms with Gasteiger partial charge in [0.1, 0.15) is 17.1 Å². The molecule has 0 spiro atoms. The van der Waals surface area contributed by atoms with Gasteiger partial charge in [0.05, 0.1) is 24.9 Å². The van der Waals surface area contributed by atoms with Gasteiger partial charge in [-0.2, -0.15) is 0 Å². The molecule has 2 aliphatic rings. The largest absolute Gasteiger partial charge is 0.477 e. The topological polar surface area (TPSA) is 116 Å². The Bertz CT molecular complexity index is 748. The molecule has 26 heavy (non-hydrogen) atoms. The van der Waals surface area contributed by atoms with Crippen molar-refractivity contribution in [2.75, 3.05) is 20.3 Å². The van der Waals surface area contributed by atoms with Crippen LogP contribution in [-0.2, 0) is 25.5 Å². The number of amides is 2. The average molecular weight is 398 g/mol. The highest BCUT2D eigenvalue weighted by Crippen LogP contribution is 2.44. The highest BCUT2D eigenvalue weighted by Gasteiger charge is 2.56. The van der Waals surface area contributed by atoms with E-state index in [0.29, 0.717) is 0 Å². The summed E-state index contributed by atoms with van der Waals surface area (Å²) < 4.78 is 5.11. The molecular weight excluding hydrogens is 380 g/mol. The maximum Gasteiger partial charge on any atom is 0.352 e. The van der Waals surface area contributed by atoms with Crippen LogP contribution in [0, 0.1) is 0 Å². The summed E-state index contributed by atoms with van der Waals surface area (Å²) in [6.45, 7) is -0.277. The summed E-state index contributed by atoms with van der Waals surface area (Å²) in [5.74, 6) is -2.05. The molecule has 1 fully saturated rings. The van der Waals surface area contributed by atoms with Crippen molar-refractivity contribution in [1.29, 1.82) is 0 Å². The van der Waals surface area contributed by atoms with E-state index >= 15 is 0 Å². The molecule has 0 radical (unpaired) electrons. The van der Waals surface area contributed by atoms with Crippen LogP contribution in [0.25, 0.3) is 0 Å². The van der Waals surface area contributed by atoms with Gasteiger partial charge in [-0.25, -0.2) is 4.79 Å². The summed E-state index contributed by atoms with van der Waals surface area (Å²) in [7, 11) is 1.48. The summed E-state index contributed by atoms with van der Waals surface area (Å²) in [4.78, 5) is 38.3. The van der Waals surface area contributed by atoms with Gasteiger partial charge in [0, 0.05) is 17.6 Å². The maximum absolute atomic E-state index is 12.5. The number of rotatable bonds is 7. The molecule has 1 unspecified atom stereocenters. The average Bonchev–Trinajstić information content (AvgIpc) is 3.11. The van der Waals surface area contributed by atoms with Crippen LogP contribution in [0.1, 0.15) is 4.88 Å². The lowest BCUT2D eigenvalue weighted by atomic mass is 10.0. The van der Waals surface area contributed by atoms with Crippen molar-refractivity contribution in [3.63, 3.8) is 0 Å². The zero-order valence-corrected chi connectivity index (χ0v) is 15.5. The fraction of sp³-hybridized carbons (Fsp3) is 0.438. The summed E-state index contributed by atoms with van der Waals surface area (Å²) in [5, 5.41) is 22.7. The van der Waals surface area contributed by atoms with E-state index in [9.17, 15) is 24.6 Å². The van der Waals surface area contributed by atoms with E-state index in [1.807, 2.05) is 17.5 Å². The van der Waals surface area contributed by atoms with Gasteiger partial charge in [-0.15, -0.1) is 23.1 Å². The maximum atomic E-state index is 12.5. The Hall–Kier alpha value is -1.88. The zero-order chi connectivity index (χ0) is 18.8. The molecule has 140 valence electrons. The Morgan fingerprint density at radius 2 is 2.19 bits per heavy atom. The monoisotopic (exact) mass is 398 g/mol. The molecule has 0 saturated carbocycles. The van der Waals surface area contributed by atoms with E-state index in [0.717, 1.165) is 9.78 Å². The molecule has 1 saturated heterocycles. The van der Waals surface area contributed by atoms with Gasteiger partial charge in [-0.1, -0.05) is 6.07 Å². The number of fused-ring (bicyclic) bond motifs is 1. The molecule has 3 atom stereocenters. The van der Waals surface area contributed by atoms with Crippen molar-refractivity contribution in [2.45, 2.75) is 23.1 Å². The Balaban J connectivity index is 1.78. The van der Waals surface area contributed by atoms with Gasteiger partial charge in [-0.05, 0) is 11.4 Å². The first-order chi connectivity index (χ1) is 12.5. The van der Waals surface area contributed by atoms with Crippen molar-refractivity contribution < 1.29 is 29.3 Å². The number of ether oxygens (including phenoxy) is 1. The lowest BCUT2D eigenvalue weighted by Gasteiger charge is -2.51. The molecule has 3 rings (SSSR count). The number of aliphatic carboxylic acids is 1. The summed E-state index contributed by atoms with van der Waals surface area (Å²) in [5.41, 5.74) is 0.0318. The molecule has 0 aliphatic carbocycles. The molecule has 3 N–H and O–H groups in total. The minimum Gasteiger partial charge on any atom is -0.477 e. The van der Waals surface area contributed by atoms with E-state index in [4.69, 9.17) is 4.74 Å². The van der Waals surface area contributed by atoms with Crippen molar-refractivity contribution in [3.05, 3.63) is 33.7 Å². The molecule has 1 aromatic rings. The number of thiophene rings is 1. The number of methoxy groups -OCH3 is 1. The van der Waals surface area contributed by atoms with Crippen LogP contribution in [0.4, 0.5) is 0 Å². The summed E-state index contributed by atoms with van der Waals surface area (Å²) in [6, 6.07) is 2.89. The van der Waals surface area contributed by atoms with Crippen LogP contribution in [0.5, 0.6) is 0 Å². The van der Waals surface area contributed by atoms with Crippen LogP contribution in [0.2, 0.25) is 0 Å². The van der Waals surface area contributed by atoms with Crippen molar-refractivity contribution in [3.8, 4) is 0 Å². The van der Waals surface area contributed by atoms with Gasteiger partial charge in [0.15, 0.2) is 0 Å². The van der Waals surface area contributed by atoms with Crippen LogP contribution >= 0.6 is 23.1 Å². The van der Waals surface area contributed by atoms with Gasteiger partial charge < -0.3 is 20.3 Å². The third kappa shape index (κ3) is 3.37. The Morgan fingerprint density at radius 1 is 1.42 bits per heavy atom. The highest BCUT2D eigenvalue weighted by atomic mass is 32.2. The van der Waals surface area contributed by atoms with E-state index in [-0.39, 0.29) is 30.2 Å². The first kappa shape index (κ1) is 18.9. The van der Waals surface area contributed by atoms with Gasteiger partial charge in [-0.3, -0.25) is 14.5 Å². The fourth-order valence-electron chi connectivity index (χ4n) is 3.04. The standard InChI is InChI=1S/C16H18N2O6S2/c1-24-7-10-9(6-19)13(16(22)23)18-14(21)12(15(18)26-10)17-11(20)5-8-3-2-4-25-8/h2-4,10,12,15,19H,5-7H2,1H3,(H,17,20)(H,22,23)/t10?,12-,15-/m1/s1. The molecule has 3 heterocycles. The smallest absolute Gasteiger partial charge is 0.352 e. The number of nitrogens with zero attached hydrogens (tertiary/aromatic N) is 1. The number of carbonyl (C=O) groups excluding carboxylic acids is 2. The first-order valence-corrected chi connectivity index (χ1v) is 9.66. The number of carbonyl (C=O) groups is 3. The predicted molar refractivity (Wildman–Crippen MR) is 95.6 cm³/mol. The molecule has 8 nitrogen and oxygen atoms in total. The number of carboxylic acids is 1. The number of nitrogens with one attached hydrogen (secondary N) is 1. The number of β-lactam (4-membered cyclic amide) rings is 1. The van der Waals surface area contributed by atoms with Crippen molar-refractivity contribution in [1.82, 2.24) is 10.2 Å². The molecule has 2 amide bonds. The second-order valence-electron chi connectivity index (χ2n) is 5.82. The third-order valence-electron chi connectivity index (χ3n) is 4.20. The number of thioether (sulfide) groups is 1. The second kappa shape index (κ2) is 7.78. The van der Waals surface area contributed by atoms with Crippen molar-refractivity contribution in [2.24, 2.45) is 0 Å². The van der Waals surface area contributed by atoms with Gasteiger partial charge in [0.2, 0.25) is 5.91 Å². The summed E-state index contributed by atoms with van der Waals surface area (Å²) >= 11 is 2.76. The quantitative estimate of drug-likeness (QED) is 0.555. The Kier molecular flexibility index (Phi) is 5.66. The van der Waals surface area contributed by atoms with Crippen LogP contribution < -0.4 is 5.32 Å². The van der Waals surface area contributed by atoms with Gasteiger partial charge in [0.25, 0.3) is 5.91 Å². The number of aliphatic hydroxyl groups excluding tert-OH is 1. The molecule has 2 aliphatic heterocycles. The Labute approximate surface area is 157 Å². The molecule has 0 aromatic carbocycles. The SMILES string of the molecule is COCC1S[C@@H]2[C@H](NC(=O)Cc3cccs3)C(=O)N2C(C(=O)O)=C1CO. The van der Waals surface area contributed by atoms with Crippen LogP contribution in [0.15, 0.2) is 28.8 Å². The number of hydrogen-bond acceptors (Lipinski definition) is 7. The molecule has 0 bridgehead atoms.